The Kier molecular flexibility index (Phi) is 4.90. The van der Waals surface area contributed by atoms with Gasteiger partial charge in [0.15, 0.2) is 17.6 Å². The maximum absolute atomic E-state index is 13.8. The zero-order valence-corrected chi connectivity index (χ0v) is 19.7. The van der Waals surface area contributed by atoms with Gasteiger partial charge in [-0.1, -0.05) is 30.3 Å². The van der Waals surface area contributed by atoms with E-state index in [0.29, 0.717) is 27.6 Å². The maximum Gasteiger partial charge on any atom is 0.303 e. The highest BCUT2D eigenvalue weighted by Gasteiger charge is 2.49. The van der Waals surface area contributed by atoms with Crippen LogP contribution in [0.15, 0.2) is 53.3 Å². The first-order chi connectivity index (χ1) is 16.1. The average Bonchev–Trinajstić information content (AvgIpc) is 2.77. The molecular weight excluding hydrogens is 434 g/mol. The van der Waals surface area contributed by atoms with Gasteiger partial charge in [0.1, 0.15) is 11.4 Å². The largest absolute Gasteiger partial charge is 0.483 e. The van der Waals surface area contributed by atoms with Crippen molar-refractivity contribution in [3.63, 3.8) is 0 Å². The van der Waals surface area contributed by atoms with Gasteiger partial charge in [0.2, 0.25) is 0 Å². The highest BCUT2D eigenvalue weighted by molar-refractivity contribution is 6.10. The van der Waals surface area contributed by atoms with Gasteiger partial charge in [-0.05, 0) is 42.8 Å². The SMILES string of the molecule is CC(=O)O[C@@H]1c2c(ccc3c(=O)c4c5ccccc5ccc4n(C)c23)OC(C)(C)[C@@H]1OC(C)=O. The molecule has 3 aromatic carbocycles. The Morgan fingerprint density at radius 1 is 0.941 bits per heavy atom. The Bertz CT molecular complexity index is 1570. The third-order valence-corrected chi connectivity index (χ3v) is 6.46. The molecule has 2 atom stereocenters. The summed E-state index contributed by atoms with van der Waals surface area (Å²) in [6.45, 7) is 6.15. The van der Waals surface area contributed by atoms with E-state index >= 15 is 0 Å². The predicted octanol–water partition coefficient (Wildman–Crippen LogP) is 4.55. The third-order valence-electron chi connectivity index (χ3n) is 6.46. The number of rotatable bonds is 2. The van der Waals surface area contributed by atoms with E-state index in [9.17, 15) is 14.4 Å². The number of esters is 2. The lowest BCUT2D eigenvalue weighted by Crippen LogP contribution is -2.52. The Morgan fingerprint density at radius 2 is 1.65 bits per heavy atom. The highest BCUT2D eigenvalue weighted by Crippen LogP contribution is 2.46. The summed E-state index contributed by atoms with van der Waals surface area (Å²) in [6.07, 6.45) is -1.86. The van der Waals surface area contributed by atoms with E-state index in [4.69, 9.17) is 14.2 Å². The number of carbonyl (C=O) groups is 2. The molecule has 7 heteroatoms. The summed E-state index contributed by atoms with van der Waals surface area (Å²) in [6, 6.07) is 15.1. The summed E-state index contributed by atoms with van der Waals surface area (Å²) in [7, 11) is 1.87. The lowest BCUT2D eigenvalue weighted by atomic mass is 9.86. The second-order valence-electron chi connectivity index (χ2n) is 9.21. The maximum atomic E-state index is 13.8. The van der Waals surface area contributed by atoms with Crippen molar-refractivity contribution >= 4 is 44.5 Å². The van der Waals surface area contributed by atoms with Crippen molar-refractivity contribution in [1.29, 1.82) is 0 Å². The first-order valence-corrected chi connectivity index (χ1v) is 11.1. The molecule has 0 fully saturated rings. The third kappa shape index (κ3) is 3.22. The highest BCUT2D eigenvalue weighted by atomic mass is 16.6. The van der Waals surface area contributed by atoms with Crippen molar-refractivity contribution in [2.45, 2.75) is 45.5 Å². The number of benzene rings is 3. The first-order valence-electron chi connectivity index (χ1n) is 11.1. The first kappa shape index (κ1) is 21.9. The molecule has 1 aromatic heterocycles. The number of aromatic nitrogens is 1. The van der Waals surface area contributed by atoms with Crippen LogP contribution in [0.2, 0.25) is 0 Å². The minimum Gasteiger partial charge on any atom is -0.483 e. The van der Waals surface area contributed by atoms with Gasteiger partial charge < -0.3 is 18.8 Å². The van der Waals surface area contributed by atoms with Gasteiger partial charge in [0, 0.05) is 26.3 Å². The minimum absolute atomic E-state index is 0.127. The molecule has 0 spiro atoms. The van der Waals surface area contributed by atoms with Crippen molar-refractivity contribution in [3.05, 3.63) is 64.3 Å². The van der Waals surface area contributed by atoms with E-state index < -0.39 is 29.7 Å². The smallest absolute Gasteiger partial charge is 0.303 e. The minimum atomic E-state index is -0.974. The van der Waals surface area contributed by atoms with Crippen LogP contribution in [0.4, 0.5) is 0 Å². The number of fused-ring (bicyclic) bond motifs is 6. The Morgan fingerprint density at radius 3 is 2.35 bits per heavy atom. The summed E-state index contributed by atoms with van der Waals surface area (Å²) in [5.74, 6) is -0.574. The lowest BCUT2D eigenvalue weighted by Gasteiger charge is -2.43. The van der Waals surface area contributed by atoms with Crippen molar-refractivity contribution in [2.75, 3.05) is 0 Å². The number of nitrogens with zero attached hydrogens (tertiary/aromatic N) is 1. The van der Waals surface area contributed by atoms with Crippen molar-refractivity contribution < 1.29 is 23.8 Å². The summed E-state index contributed by atoms with van der Waals surface area (Å²) in [4.78, 5) is 37.9. The van der Waals surface area contributed by atoms with Gasteiger partial charge in [-0.25, -0.2) is 0 Å². The normalized spacial score (nSPS) is 19.0. The monoisotopic (exact) mass is 459 g/mol. The molecule has 1 aliphatic heterocycles. The van der Waals surface area contributed by atoms with E-state index in [-0.39, 0.29) is 5.43 Å². The molecule has 0 amide bonds. The molecule has 0 saturated carbocycles. The fourth-order valence-corrected chi connectivity index (χ4v) is 5.07. The van der Waals surface area contributed by atoms with Gasteiger partial charge >= 0.3 is 11.9 Å². The molecule has 0 aliphatic carbocycles. The lowest BCUT2D eigenvalue weighted by molar-refractivity contribution is -0.187. The van der Waals surface area contributed by atoms with Gasteiger partial charge in [-0.3, -0.25) is 14.4 Å². The average molecular weight is 459 g/mol. The summed E-state index contributed by atoms with van der Waals surface area (Å²) < 4.78 is 19.5. The Labute approximate surface area is 195 Å². The zero-order valence-electron chi connectivity index (χ0n) is 19.7. The number of aryl methyl sites for hydroxylation is 1. The van der Waals surface area contributed by atoms with Crippen LogP contribution in [0.25, 0.3) is 32.6 Å². The van der Waals surface area contributed by atoms with Crippen LogP contribution in [0.1, 0.15) is 39.4 Å². The molecule has 0 bridgehead atoms. The van der Waals surface area contributed by atoms with E-state index in [1.165, 1.54) is 13.8 Å². The fraction of sp³-hybridized carbons (Fsp3) is 0.296. The summed E-state index contributed by atoms with van der Waals surface area (Å²) >= 11 is 0. The summed E-state index contributed by atoms with van der Waals surface area (Å²) in [5, 5.41) is 2.92. The van der Waals surface area contributed by atoms with Crippen molar-refractivity contribution in [3.8, 4) is 5.75 Å². The van der Waals surface area contributed by atoms with Gasteiger partial charge in [-0.2, -0.15) is 0 Å². The molecule has 0 N–H and O–H groups in total. The van der Waals surface area contributed by atoms with Crippen molar-refractivity contribution in [1.82, 2.24) is 4.57 Å². The van der Waals surface area contributed by atoms with Gasteiger partial charge in [0.25, 0.3) is 0 Å². The molecule has 0 unspecified atom stereocenters. The molecule has 5 rings (SSSR count). The van der Waals surface area contributed by atoms with E-state index in [2.05, 4.69) is 0 Å². The predicted molar refractivity (Wildman–Crippen MR) is 129 cm³/mol. The Hall–Kier alpha value is -3.87. The van der Waals surface area contributed by atoms with Crippen LogP contribution in [-0.2, 0) is 26.1 Å². The van der Waals surface area contributed by atoms with Gasteiger partial charge in [0.05, 0.1) is 22.0 Å². The number of pyridine rings is 1. The molecule has 174 valence electrons. The van der Waals surface area contributed by atoms with Gasteiger partial charge in [-0.15, -0.1) is 0 Å². The van der Waals surface area contributed by atoms with Crippen LogP contribution in [0, 0.1) is 0 Å². The topological polar surface area (TPSA) is 83.8 Å². The number of hydrogen-bond donors (Lipinski definition) is 0. The fourth-order valence-electron chi connectivity index (χ4n) is 5.07. The molecule has 7 nitrogen and oxygen atoms in total. The number of carbonyl (C=O) groups excluding carboxylic acids is 2. The van der Waals surface area contributed by atoms with Crippen LogP contribution < -0.4 is 10.2 Å². The molecule has 0 radical (unpaired) electrons. The van der Waals surface area contributed by atoms with Crippen molar-refractivity contribution in [2.24, 2.45) is 7.05 Å². The second-order valence-corrected chi connectivity index (χ2v) is 9.21. The Balaban J connectivity index is 1.91. The van der Waals surface area contributed by atoms with Crippen LogP contribution in [-0.4, -0.2) is 28.2 Å². The molecule has 34 heavy (non-hydrogen) atoms. The van der Waals surface area contributed by atoms with E-state index in [0.717, 1.165) is 16.3 Å². The summed E-state index contributed by atoms with van der Waals surface area (Å²) in [5.41, 5.74) is 0.716. The van der Waals surface area contributed by atoms with Crippen LogP contribution >= 0.6 is 0 Å². The second kappa shape index (κ2) is 7.58. The molecule has 1 aliphatic rings. The van der Waals surface area contributed by atoms with E-state index in [1.807, 2.05) is 48.0 Å². The van der Waals surface area contributed by atoms with Crippen LogP contribution in [0.3, 0.4) is 0 Å². The van der Waals surface area contributed by atoms with Crippen LogP contribution in [0.5, 0.6) is 5.75 Å². The molecular formula is C27H25NO6. The molecule has 4 aromatic rings. The standard InChI is InChI=1S/C27H25NO6/c1-14(29)32-25-22-20(34-27(3,4)26(25)33-15(2)30)13-11-18-23(22)28(5)19-12-10-16-8-6-7-9-17(16)21(19)24(18)31/h6-13,25-26H,1-5H3/t25-,26-/m1/s1. The molecule has 2 heterocycles. The number of ether oxygens (including phenoxy) is 3. The van der Waals surface area contributed by atoms with E-state index in [1.54, 1.807) is 26.0 Å². The number of hydrogen-bond acceptors (Lipinski definition) is 6. The zero-order chi connectivity index (χ0) is 24.4. The quantitative estimate of drug-likeness (QED) is 0.248. The molecule has 0 saturated heterocycles.